The van der Waals surface area contributed by atoms with Crippen LogP contribution in [0, 0.1) is 5.82 Å². The molecule has 1 fully saturated rings. The predicted octanol–water partition coefficient (Wildman–Crippen LogP) is 0.541. The van der Waals surface area contributed by atoms with E-state index in [-0.39, 0.29) is 9.37 Å². The fourth-order valence-corrected chi connectivity index (χ4v) is 3.65. The Bertz CT molecular complexity index is 581. The van der Waals surface area contributed by atoms with E-state index in [1.807, 2.05) is 0 Å². The predicted molar refractivity (Wildman–Crippen MR) is 71.7 cm³/mol. The maximum absolute atomic E-state index is 13.4. The van der Waals surface area contributed by atoms with Crippen molar-refractivity contribution in [3.8, 4) is 0 Å². The van der Waals surface area contributed by atoms with Gasteiger partial charge in [-0.3, -0.25) is 0 Å². The summed E-state index contributed by atoms with van der Waals surface area (Å²) in [5, 5.41) is 12.6. The smallest absolute Gasteiger partial charge is 0.243 e. The van der Waals surface area contributed by atoms with Crippen molar-refractivity contribution in [2.75, 3.05) is 20.1 Å². The summed E-state index contributed by atoms with van der Waals surface area (Å²) in [6.45, 7) is 0.717. The molecule has 8 heteroatoms. The number of hydrogen-bond donors (Lipinski definition) is 2. The van der Waals surface area contributed by atoms with Gasteiger partial charge in [-0.25, -0.2) is 12.8 Å². The Morgan fingerprint density at radius 2 is 2.16 bits per heavy atom. The van der Waals surface area contributed by atoms with Crippen molar-refractivity contribution >= 4 is 26.0 Å². The zero-order valence-electron chi connectivity index (χ0n) is 10.2. The van der Waals surface area contributed by atoms with Crippen LogP contribution >= 0.6 is 15.9 Å². The Balaban J connectivity index is 2.33. The van der Waals surface area contributed by atoms with Crippen LogP contribution in [0.5, 0.6) is 0 Å². The van der Waals surface area contributed by atoms with Gasteiger partial charge >= 0.3 is 0 Å². The molecule has 1 aliphatic rings. The molecule has 1 aromatic rings. The van der Waals surface area contributed by atoms with Crippen LogP contribution in [0.1, 0.15) is 0 Å². The summed E-state index contributed by atoms with van der Waals surface area (Å²) in [6, 6.07) is 3.09. The lowest BCUT2D eigenvalue weighted by Gasteiger charge is -2.25. The third-order valence-electron chi connectivity index (χ3n) is 3.19. The van der Waals surface area contributed by atoms with Crippen molar-refractivity contribution < 1.29 is 17.9 Å². The number of rotatable bonds is 3. The second-order valence-corrected chi connectivity index (χ2v) is 7.24. The molecule has 1 heterocycles. The van der Waals surface area contributed by atoms with E-state index in [1.165, 1.54) is 19.2 Å². The Morgan fingerprint density at radius 1 is 1.47 bits per heavy atom. The summed E-state index contributed by atoms with van der Waals surface area (Å²) in [7, 11) is -2.44. The maximum Gasteiger partial charge on any atom is 0.243 e. The highest BCUT2D eigenvalue weighted by Crippen LogP contribution is 2.23. The molecule has 0 unspecified atom stereocenters. The van der Waals surface area contributed by atoms with Crippen molar-refractivity contribution in [1.29, 1.82) is 0 Å². The number of β-amino-alcohol motifs (C(OH)–C–C–N with tert-alkyl or cyclic N) is 1. The zero-order chi connectivity index (χ0) is 14.2. The minimum Gasteiger partial charge on any atom is -0.390 e. The van der Waals surface area contributed by atoms with Crippen LogP contribution in [0.2, 0.25) is 0 Å². The third-order valence-corrected chi connectivity index (χ3v) is 5.71. The fraction of sp³-hybridized carbons (Fsp3) is 0.455. The highest BCUT2D eigenvalue weighted by Gasteiger charge is 2.35. The normalized spacial score (nSPS) is 24.1. The van der Waals surface area contributed by atoms with Crippen LogP contribution in [0.15, 0.2) is 27.6 Å². The molecule has 0 radical (unpaired) electrons. The van der Waals surface area contributed by atoms with Crippen LogP contribution in [-0.2, 0) is 10.0 Å². The van der Waals surface area contributed by atoms with Gasteiger partial charge in [-0.2, -0.15) is 4.31 Å². The first-order chi connectivity index (χ1) is 8.84. The Labute approximate surface area is 119 Å². The second-order valence-electron chi connectivity index (χ2n) is 4.39. The topological polar surface area (TPSA) is 69.6 Å². The molecule has 2 rings (SSSR count). The van der Waals surface area contributed by atoms with Crippen LogP contribution in [0.4, 0.5) is 4.39 Å². The molecular formula is C11H14BrFN2O3S. The van der Waals surface area contributed by atoms with Gasteiger partial charge < -0.3 is 10.4 Å². The highest BCUT2D eigenvalue weighted by molar-refractivity contribution is 9.10. The number of aliphatic hydroxyl groups is 1. The average Bonchev–Trinajstić information content (AvgIpc) is 2.77. The molecule has 1 saturated heterocycles. The molecule has 0 spiro atoms. The van der Waals surface area contributed by atoms with Gasteiger partial charge in [0.05, 0.1) is 21.5 Å². The molecule has 2 atom stereocenters. The lowest BCUT2D eigenvalue weighted by molar-refractivity contribution is 0.136. The molecule has 1 aromatic carbocycles. The average molecular weight is 353 g/mol. The van der Waals surface area contributed by atoms with Crippen LogP contribution in [-0.4, -0.2) is 50.1 Å². The summed E-state index contributed by atoms with van der Waals surface area (Å²) < 4.78 is 39.4. The second kappa shape index (κ2) is 5.45. The fourth-order valence-electron chi connectivity index (χ4n) is 2.00. The van der Waals surface area contributed by atoms with Gasteiger partial charge in [-0.15, -0.1) is 0 Å². The van der Waals surface area contributed by atoms with Crippen molar-refractivity contribution in [2.24, 2.45) is 0 Å². The molecule has 0 saturated carbocycles. The maximum atomic E-state index is 13.4. The van der Waals surface area contributed by atoms with E-state index in [2.05, 4.69) is 21.2 Å². The summed E-state index contributed by atoms with van der Waals surface area (Å²) in [6.07, 6.45) is -0.764. The number of aliphatic hydroxyl groups excluding tert-OH is 1. The Hall–Kier alpha value is -0.540. The minimum atomic E-state index is -3.82. The first-order valence-corrected chi connectivity index (χ1v) is 7.89. The van der Waals surface area contributed by atoms with Gasteiger partial charge in [0.15, 0.2) is 0 Å². The number of nitrogens with one attached hydrogen (secondary N) is 1. The molecule has 19 heavy (non-hydrogen) atoms. The van der Waals surface area contributed by atoms with Crippen LogP contribution < -0.4 is 5.32 Å². The molecule has 2 N–H and O–H groups in total. The number of halogens is 2. The van der Waals surface area contributed by atoms with Gasteiger partial charge in [-0.1, -0.05) is 0 Å². The van der Waals surface area contributed by atoms with E-state index in [9.17, 15) is 17.9 Å². The first-order valence-electron chi connectivity index (χ1n) is 5.66. The summed E-state index contributed by atoms with van der Waals surface area (Å²) in [4.78, 5) is -0.130. The summed E-state index contributed by atoms with van der Waals surface area (Å²) in [5.74, 6) is -0.639. The third kappa shape index (κ3) is 2.82. The number of nitrogens with zero attached hydrogens (tertiary/aromatic N) is 1. The van der Waals surface area contributed by atoms with E-state index in [1.54, 1.807) is 0 Å². The van der Waals surface area contributed by atoms with Gasteiger partial charge in [-0.05, 0) is 34.1 Å². The van der Waals surface area contributed by atoms with Crippen LogP contribution in [0.25, 0.3) is 0 Å². The Morgan fingerprint density at radius 3 is 2.68 bits per heavy atom. The quantitative estimate of drug-likeness (QED) is 0.833. The van der Waals surface area contributed by atoms with E-state index >= 15 is 0 Å². The van der Waals surface area contributed by atoms with Crippen molar-refractivity contribution in [3.63, 3.8) is 0 Å². The summed E-state index contributed by atoms with van der Waals surface area (Å²) >= 11 is 2.98. The molecule has 0 aromatic heterocycles. The van der Waals surface area contributed by atoms with Crippen molar-refractivity contribution in [2.45, 2.75) is 17.0 Å². The highest BCUT2D eigenvalue weighted by atomic mass is 79.9. The zero-order valence-corrected chi connectivity index (χ0v) is 12.6. The van der Waals surface area contributed by atoms with E-state index in [4.69, 9.17) is 0 Å². The SMILES string of the molecule is CN([C@@H]1CNC[C@H]1O)S(=O)(=O)c1ccc(Br)c(F)c1. The lowest BCUT2D eigenvalue weighted by Crippen LogP contribution is -2.44. The van der Waals surface area contributed by atoms with Gasteiger partial charge in [0.25, 0.3) is 0 Å². The standard InChI is InChI=1S/C11H14BrFN2O3S/c1-15(10-5-14-6-11(10)16)19(17,18)7-2-3-8(12)9(13)4-7/h2-4,10-11,14,16H,5-6H2,1H3/t10-,11-/m1/s1. The van der Waals surface area contributed by atoms with E-state index < -0.39 is 28.0 Å². The molecule has 106 valence electrons. The largest absolute Gasteiger partial charge is 0.390 e. The number of sulfonamides is 1. The monoisotopic (exact) mass is 352 g/mol. The number of benzene rings is 1. The van der Waals surface area contributed by atoms with Crippen molar-refractivity contribution in [1.82, 2.24) is 9.62 Å². The number of likely N-dealkylation sites (N-methyl/N-ethyl adjacent to an activating group) is 1. The summed E-state index contributed by atoms with van der Waals surface area (Å²) in [5.41, 5.74) is 0. The van der Waals surface area contributed by atoms with Crippen LogP contribution in [0.3, 0.4) is 0 Å². The molecule has 0 amide bonds. The van der Waals surface area contributed by atoms with Crippen molar-refractivity contribution in [3.05, 3.63) is 28.5 Å². The lowest BCUT2D eigenvalue weighted by atomic mass is 10.2. The molecule has 1 aliphatic heterocycles. The molecule has 5 nitrogen and oxygen atoms in total. The first kappa shape index (κ1) is 14.9. The van der Waals surface area contributed by atoms with Gasteiger partial charge in [0.2, 0.25) is 10.0 Å². The number of hydrogen-bond acceptors (Lipinski definition) is 4. The van der Waals surface area contributed by atoms with E-state index in [0.29, 0.717) is 13.1 Å². The minimum absolute atomic E-state index is 0.130. The van der Waals surface area contributed by atoms with Gasteiger partial charge in [0.1, 0.15) is 5.82 Å². The Kier molecular flexibility index (Phi) is 4.26. The molecular weight excluding hydrogens is 339 g/mol. The van der Waals surface area contributed by atoms with Gasteiger partial charge in [0, 0.05) is 20.1 Å². The van der Waals surface area contributed by atoms with E-state index in [0.717, 1.165) is 10.4 Å². The molecule has 0 bridgehead atoms. The molecule has 0 aliphatic carbocycles.